The van der Waals surface area contributed by atoms with Crippen molar-refractivity contribution in [2.75, 3.05) is 0 Å². The molecule has 0 amide bonds. The maximum atomic E-state index is 11.3. The second-order valence-corrected chi connectivity index (χ2v) is 4.37. The molecule has 0 bridgehead atoms. The molecular weight excluding hydrogens is 266 g/mol. The summed E-state index contributed by atoms with van der Waals surface area (Å²) >= 11 is 0. The number of aromatic carboxylic acids is 1. The molecule has 0 radical (unpaired) electrons. The molecule has 1 aliphatic rings. The van der Waals surface area contributed by atoms with Gasteiger partial charge in [-0.1, -0.05) is 4.98 Å². The number of rotatable bonds is 3. The van der Waals surface area contributed by atoms with Gasteiger partial charge in [0, 0.05) is 10.8 Å². The normalized spacial score (nSPS) is 13.2. The van der Waals surface area contributed by atoms with Gasteiger partial charge in [0.25, 0.3) is 0 Å². The molecule has 0 spiro atoms. The first kappa shape index (κ1) is 12.2. The first-order chi connectivity index (χ1) is 9.56. The van der Waals surface area contributed by atoms with Crippen molar-refractivity contribution in [2.24, 2.45) is 0 Å². The van der Waals surface area contributed by atoms with Crippen LogP contribution in [0.3, 0.4) is 0 Å². The Kier molecular flexibility index (Phi) is 2.67. The summed E-state index contributed by atoms with van der Waals surface area (Å²) in [5, 5.41) is 23.5. The Labute approximate surface area is 112 Å². The van der Waals surface area contributed by atoms with E-state index in [4.69, 9.17) is 0 Å². The summed E-state index contributed by atoms with van der Waals surface area (Å²) in [6.45, 7) is 0. The number of pyridine rings is 1. The third kappa shape index (κ3) is 1.88. The van der Waals surface area contributed by atoms with Gasteiger partial charge in [0.05, 0.1) is 0 Å². The highest BCUT2D eigenvalue weighted by molar-refractivity contribution is 5.91. The molecule has 0 saturated heterocycles. The van der Waals surface area contributed by atoms with E-state index in [-0.39, 0.29) is 11.4 Å². The Balaban J connectivity index is 2.16. The van der Waals surface area contributed by atoms with E-state index in [1.807, 2.05) is 0 Å². The minimum absolute atomic E-state index is 0.0366. The van der Waals surface area contributed by atoms with Gasteiger partial charge in [0.1, 0.15) is 5.56 Å². The van der Waals surface area contributed by atoms with Crippen molar-refractivity contribution in [1.82, 2.24) is 19.7 Å². The maximum Gasteiger partial charge on any atom is 0.491 e. The minimum atomic E-state index is -1.15. The van der Waals surface area contributed by atoms with Crippen molar-refractivity contribution < 1.29 is 14.8 Å². The van der Waals surface area contributed by atoms with Gasteiger partial charge in [-0.2, -0.15) is 0 Å². The molecule has 102 valence electrons. The third-order valence-electron chi connectivity index (χ3n) is 3.12. The van der Waals surface area contributed by atoms with Crippen LogP contribution >= 0.6 is 0 Å². The van der Waals surface area contributed by atoms with Gasteiger partial charge in [0.2, 0.25) is 6.33 Å². The summed E-state index contributed by atoms with van der Waals surface area (Å²) in [5.74, 6) is -1.69. The number of carboxylic acids is 1. The van der Waals surface area contributed by atoms with Crippen molar-refractivity contribution in [3.8, 4) is 5.82 Å². The predicted molar refractivity (Wildman–Crippen MR) is 64.8 cm³/mol. The highest BCUT2D eigenvalue weighted by Crippen LogP contribution is 2.24. The topological polar surface area (TPSA) is 124 Å². The molecule has 1 aliphatic carbocycles. The molecule has 2 aromatic heterocycles. The lowest BCUT2D eigenvalue weighted by molar-refractivity contribution is -0.394. The van der Waals surface area contributed by atoms with Gasteiger partial charge >= 0.3 is 11.9 Å². The summed E-state index contributed by atoms with van der Waals surface area (Å²) in [6, 6.07) is 1.56. The monoisotopic (exact) mass is 275 g/mol. The molecule has 0 fully saturated rings. The number of aryl methyl sites for hydroxylation is 2. The second-order valence-electron chi connectivity index (χ2n) is 4.37. The average Bonchev–Trinajstić information content (AvgIpc) is 3.05. The summed E-state index contributed by atoms with van der Waals surface area (Å²) in [7, 11) is 0. The first-order valence-corrected chi connectivity index (χ1v) is 5.89. The van der Waals surface area contributed by atoms with E-state index < -0.39 is 16.8 Å². The van der Waals surface area contributed by atoms with Crippen LogP contribution in [0.2, 0.25) is 0 Å². The van der Waals surface area contributed by atoms with E-state index in [1.54, 1.807) is 6.07 Å². The van der Waals surface area contributed by atoms with Crippen LogP contribution in [-0.4, -0.2) is 35.7 Å². The zero-order valence-corrected chi connectivity index (χ0v) is 10.2. The molecule has 2 aromatic rings. The van der Waals surface area contributed by atoms with E-state index >= 15 is 0 Å². The van der Waals surface area contributed by atoms with Crippen molar-refractivity contribution >= 4 is 11.9 Å². The Hall–Kier alpha value is -2.84. The lowest BCUT2D eigenvalue weighted by atomic mass is 10.1. The molecular formula is C11H9N5O4. The lowest BCUT2D eigenvalue weighted by Gasteiger charge is -2.05. The van der Waals surface area contributed by atoms with Crippen LogP contribution < -0.4 is 0 Å². The molecule has 0 aromatic carbocycles. The van der Waals surface area contributed by atoms with Crippen LogP contribution in [0.4, 0.5) is 5.95 Å². The molecule has 0 unspecified atom stereocenters. The Morgan fingerprint density at radius 2 is 2.25 bits per heavy atom. The zero-order chi connectivity index (χ0) is 14.3. The fraction of sp³-hybridized carbons (Fsp3) is 0.273. The zero-order valence-electron chi connectivity index (χ0n) is 10.2. The van der Waals surface area contributed by atoms with Crippen molar-refractivity contribution in [3.05, 3.63) is 39.3 Å². The number of fused-ring (bicyclic) bond motifs is 1. The second kappa shape index (κ2) is 4.37. The highest BCUT2D eigenvalue weighted by atomic mass is 16.6. The van der Waals surface area contributed by atoms with Crippen molar-refractivity contribution in [1.29, 1.82) is 0 Å². The quantitative estimate of drug-likeness (QED) is 0.647. The molecule has 1 N–H and O–H groups in total. The Morgan fingerprint density at radius 3 is 2.90 bits per heavy atom. The predicted octanol–water partition coefficient (Wildman–Crippen LogP) is 0.757. The van der Waals surface area contributed by atoms with E-state index in [0.717, 1.165) is 41.5 Å². The van der Waals surface area contributed by atoms with Crippen molar-refractivity contribution in [3.63, 3.8) is 0 Å². The molecule has 2 heterocycles. The first-order valence-electron chi connectivity index (χ1n) is 5.89. The third-order valence-corrected chi connectivity index (χ3v) is 3.12. The van der Waals surface area contributed by atoms with Gasteiger partial charge in [-0.3, -0.25) is 0 Å². The van der Waals surface area contributed by atoms with Gasteiger partial charge in [-0.05, 0) is 35.8 Å². The molecule has 0 aliphatic heterocycles. The van der Waals surface area contributed by atoms with Gasteiger partial charge in [0.15, 0.2) is 5.82 Å². The summed E-state index contributed by atoms with van der Waals surface area (Å²) < 4.78 is 1.03. The largest absolute Gasteiger partial charge is 0.491 e. The summed E-state index contributed by atoms with van der Waals surface area (Å²) in [6.07, 6.45) is 3.57. The van der Waals surface area contributed by atoms with E-state index in [1.165, 1.54) is 0 Å². The van der Waals surface area contributed by atoms with Crippen LogP contribution in [-0.2, 0) is 12.8 Å². The number of hydrogen-bond donors (Lipinski definition) is 1. The smallest absolute Gasteiger partial charge is 0.478 e. The minimum Gasteiger partial charge on any atom is -0.478 e. The van der Waals surface area contributed by atoms with Gasteiger partial charge in [-0.15, -0.1) is 4.68 Å². The summed E-state index contributed by atoms with van der Waals surface area (Å²) in [4.78, 5) is 28.9. The van der Waals surface area contributed by atoms with Gasteiger partial charge < -0.3 is 15.2 Å². The van der Waals surface area contributed by atoms with Gasteiger partial charge in [-0.25, -0.2) is 9.78 Å². The van der Waals surface area contributed by atoms with Crippen LogP contribution in [0.5, 0.6) is 0 Å². The fourth-order valence-electron chi connectivity index (χ4n) is 2.23. The Morgan fingerprint density at radius 1 is 1.45 bits per heavy atom. The highest BCUT2D eigenvalue weighted by Gasteiger charge is 2.24. The molecule has 3 rings (SSSR count). The Bertz CT molecular complexity index is 724. The van der Waals surface area contributed by atoms with Crippen LogP contribution in [0.25, 0.3) is 5.82 Å². The molecule has 20 heavy (non-hydrogen) atoms. The van der Waals surface area contributed by atoms with Crippen molar-refractivity contribution in [2.45, 2.75) is 19.3 Å². The summed E-state index contributed by atoms with van der Waals surface area (Å²) in [5.41, 5.74) is 1.68. The standard InChI is InChI=1S/C11H9N5O4/c17-10(18)7-4-6-2-1-3-8(6)13-9(7)15-5-12-11(14-15)16(19)20/h4-5H,1-3H2,(H,17,18). The van der Waals surface area contributed by atoms with Crippen LogP contribution in [0.15, 0.2) is 12.4 Å². The van der Waals surface area contributed by atoms with E-state index in [0.29, 0.717) is 0 Å². The number of carbonyl (C=O) groups is 1. The number of carboxylic acid groups (broad SMARTS) is 1. The maximum absolute atomic E-state index is 11.3. The average molecular weight is 275 g/mol. The molecule has 9 heteroatoms. The molecule has 0 saturated carbocycles. The SMILES string of the molecule is O=C(O)c1cc2c(nc1-n1cnc([N+](=O)[O-])n1)CCC2. The molecule has 9 nitrogen and oxygen atoms in total. The number of nitrogens with zero attached hydrogens (tertiary/aromatic N) is 5. The van der Waals surface area contributed by atoms with Crippen LogP contribution in [0, 0.1) is 10.1 Å². The number of aromatic nitrogens is 4. The number of nitro groups is 1. The van der Waals surface area contributed by atoms with E-state index in [2.05, 4.69) is 15.1 Å². The number of hydrogen-bond acceptors (Lipinski definition) is 6. The lowest BCUT2D eigenvalue weighted by Crippen LogP contribution is -2.11. The molecule has 0 atom stereocenters. The fourth-order valence-corrected chi connectivity index (χ4v) is 2.23. The van der Waals surface area contributed by atoms with E-state index in [9.17, 15) is 20.0 Å². The van der Waals surface area contributed by atoms with Crippen LogP contribution in [0.1, 0.15) is 28.0 Å².